The molecule has 0 aromatic heterocycles. The third-order valence-electron chi connectivity index (χ3n) is 4.88. The Bertz CT molecular complexity index is 1170. The Morgan fingerprint density at radius 1 is 0.324 bits per heavy atom. The van der Waals surface area contributed by atoms with Crippen molar-refractivity contribution in [2.24, 2.45) is 0 Å². The van der Waals surface area contributed by atoms with E-state index >= 15 is 0 Å². The van der Waals surface area contributed by atoms with E-state index in [9.17, 15) is 52.7 Å². The number of rotatable bonds is 6. The smallest absolute Gasteiger partial charge is 0.204 e. The van der Waals surface area contributed by atoms with Crippen molar-refractivity contribution in [2.75, 3.05) is 21.3 Å². The molecule has 0 spiro atoms. The van der Waals surface area contributed by atoms with Crippen LogP contribution >= 0.6 is 7.92 Å². The Morgan fingerprint density at radius 2 is 0.486 bits per heavy atom. The van der Waals surface area contributed by atoms with Crippen molar-refractivity contribution >= 4 is 23.8 Å². The van der Waals surface area contributed by atoms with E-state index in [-0.39, 0.29) is 0 Å². The molecule has 0 radical (unpaired) electrons. The molecular weight excluding hydrogens is 559 g/mol. The minimum absolute atomic E-state index is 0.532. The van der Waals surface area contributed by atoms with E-state index in [4.69, 9.17) is 0 Å². The van der Waals surface area contributed by atoms with Gasteiger partial charge in [0, 0.05) is 7.92 Å². The van der Waals surface area contributed by atoms with Crippen molar-refractivity contribution in [3.8, 4) is 17.2 Å². The van der Waals surface area contributed by atoms with Crippen LogP contribution < -0.4 is 30.1 Å². The number of hydrogen-bond donors (Lipinski definition) is 0. The normalized spacial score (nSPS) is 11.4. The lowest BCUT2D eigenvalue weighted by molar-refractivity contribution is 0.334. The van der Waals surface area contributed by atoms with E-state index in [1.165, 1.54) is 0 Å². The molecule has 0 aliphatic heterocycles. The maximum atomic E-state index is 15.0. The zero-order valence-corrected chi connectivity index (χ0v) is 19.1. The Hall–Kier alpha value is -3.35. The van der Waals surface area contributed by atoms with Crippen LogP contribution in [0.25, 0.3) is 0 Å². The molecule has 0 saturated carbocycles. The van der Waals surface area contributed by atoms with E-state index in [0.29, 0.717) is 21.3 Å². The van der Waals surface area contributed by atoms with Crippen LogP contribution in [0.1, 0.15) is 0 Å². The number of halogens is 12. The van der Waals surface area contributed by atoms with E-state index in [1.54, 1.807) is 0 Å². The molecule has 0 amide bonds. The fourth-order valence-corrected chi connectivity index (χ4v) is 5.70. The summed E-state index contributed by atoms with van der Waals surface area (Å²) in [6.45, 7) is 0. The molecule has 0 heterocycles. The highest BCUT2D eigenvalue weighted by Crippen LogP contribution is 2.45. The molecule has 3 rings (SSSR count). The Kier molecular flexibility index (Phi) is 7.77. The van der Waals surface area contributed by atoms with Crippen molar-refractivity contribution < 1.29 is 66.9 Å². The zero-order valence-electron chi connectivity index (χ0n) is 18.2. The summed E-state index contributed by atoms with van der Waals surface area (Å²) in [6, 6.07) is 0. The first-order valence-corrected chi connectivity index (χ1v) is 10.6. The molecular formula is C21H9F12O3P. The Labute approximate surface area is 199 Å². The summed E-state index contributed by atoms with van der Waals surface area (Å²) in [6.07, 6.45) is 0. The molecule has 0 N–H and O–H groups in total. The van der Waals surface area contributed by atoms with E-state index in [0.717, 1.165) is 0 Å². The summed E-state index contributed by atoms with van der Waals surface area (Å²) in [4.78, 5) is 0. The van der Waals surface area contributed by atoms with Gasteiger partial charge in [-0.2, -0.15) is 26.3 Å². The molecule has 3 aromatic carbocycles. The SMILES string of the molecule is COc1c(F)c(F)c(P(c2c(F)c(F)c(OC)c(F)c2F)c2c(F)c(F)c(OC)c(F)c2F)c(F)c1F. The van der Waals surface area contributed by atoms with Gasteiger partial charge in [-0.1, -0.05) is 0 Å². The summed E-state index contributed by atoms with van der Waals surface area (Å²) in [5.74, 6) is -35.5. The molecule has 0 bridgehead atoms. The Balaban J connectivity index is 2.67. The highest BCUT2D eigenvalue weighted by atomic mass is 31.1. The Morgan fingerprint density at radius 3 is 0.622 bits per heavy atom. The quantitative estimate of drug-likeness (QED) is 0.234. The zero-order chi connectivity index (χ0) is 28.1. The molecule has 0 unspecified atom stereocenters. The molecule has 0 aliphatic carbocycles. The second-order valence-corrected chi connectivity index (χ2v) is 8.76. The third kappa shape index (κ3) is 4.09. The topological polar surface area (TPSA) is 27.7 Å². The first kappa shape index (κ1) is 28.2. The summed E-state index contributed by atoms with van der Waals surface area (Å²) in [7, 11) is -2.98. The van der Waals surface area contributed by atoms with Gasteiger partial charge in [0.15, 0.2) is 52.2 Å². The number of ether oxygens (including phenoxy) is 3. The van der Waals surface area contributed by atoms with Crippen LogP contribution in [0.3, 0.4) is 0 Å². The predicted molar refractivity (Wildman–Crippen MR) is 104 cm³/mol. The number of methoxy groups -OCH3 is 3. The molecule has 0 atom stereocenters. The first-order chi connectivity index (χ1) is 17.3. The summed E-state index contributed by atoms with van der Waals surface area (Å²) in [5.41, 5.74) is 0. The van der Waals surface area contributed by atoms with Gasteiger partial charge in [0.2, 0.25) is 34.9 Å². The molecule has 37 heavy (non-hydrogen) atoms. The lowest BCUT2D eigenvalue weighted by Gasteiger charge is -2.25. The summed E-state index contributed by atoms with van der Waals surface area (Å²) >= 11 is 0. The summed E-state index contributed by atoms with van der Waals surface area (Å²) < 4.78 is 189. The minimum atomic E-state index is -4.58. The molecule has 200 valence electrons. The van der Waals surface area contributed by atoms with Gasteiger partial charge in [-0.25, -0.2) is 26.3 Å². The number of hydrogen-bond acceptors (Lipinski definition) is 3. The first-order valence-electron chi connectivity index (χ1n) is 9.28. The van der Waals surface area contributed by atoms with Gasteiger partial charge in [-0.05, 0) is 0 Å². The van der Waals surface area contributed by atoms with Crippen molar-refractivity contribution in [1.29, 1.82) is 0 Å². The maximum Gasteiger partial charge on any atom is 0.204 e. The van der Waals surface area contributed by atoms with Crippen molar-refractivity contribution in [2.45, 2.75) is 0 Å². The largest absolute Gasteiger partial charge is 0.491 e. The standard InChI is InChI=1S/C21H9F12O3P/c1-34-16-4(22)10(28)19(11(29)5(16)23)37(20-12(30)6(24)17(35-2)7(25)13(20)31)21-14(32)8(26)18(36-3)9(27)15(21)33/h1-3H3. The predicted octanol–water partition coefficient (Wildman–Crippen LogP) is 5.14. The van der Waals surface area contributed by atoms with Gasteiger partial charge < -0.3 is 14.2 Å². The lowest BCUT2D eigenvalue weighted by Crippen LogP contribution is -2.35. The third-order valence-corrected chi connectivity index (χ3v) is 7.40. The highest BCUT2D eigenvalue weighted by Gasteiger charge is 2.43. The number of benzene rings is 3. The van der Waals surface area contributed by atoms with Crippen molar-refractivity contribution in [3.63, 3.8) is 0 Å². The molecule has 16 heteroatoms. The lowest BCUT2D eigenvalue weighted by atomic mass is 10.2. The van der Waals surface area contributed by atoms with Crippen LogP contribution in [0.2, 0.25) is 0 Å². The van der Waals surface area contributed by atoms with Gasteiger partial charge >= 0.3 is 0 Å². The van der Waals surface area contributed by atoms with Gasteiger partial charge in [-0.15, -0.1) is 0 Å². The monoisotopic (exact) mass is 568 g/mol. The van der Waals surface area contributed by atoms with Crippen molar-refractivity contribution in [1.82, 2.24) is 0 Å². The molecule has 3 aromatic rings. The fraction of sp³-hybridized carbons (Fsp3) is 0.143. The summed E-state index contributed by atoms with van der Waals surface area (Å²) in [5, 5.41) is -6.81. The maximum absolute atomic E-state index is 15.0. The molecule has 0 fully saturated rings. The van der Waals surface area contributed by atoms with Gasteiger partial charge in [0.05, 0.1) is 37.2 Å². The van der Waals surface area contributed by atoms with Crippen molar-refractivity contribution in [3.05, 3.63) is 69.8 Å². The van der Waals surface area contributed by atoms with E-state index in [1.807, 2.05) is 0 Å². The average Bonchev–Trinajstić information content (AvgIpc) is 2.86. The minimum Gasteiger partial charge on any atom is -0.491 e. The van der Waals surface area contributed by atoms with Gasteiger partial charge in [0.25, 0.3) is 0 Å². The van der Waals surface area contributed by atoms with Crippen LogP contribution in [0.4, 0.5) is 52.7 Å². The van der Waals surface area contributed by atoms with Crippen LogP contribution in [0.15, 0.2) is 0 Å². The van der Waals surface area contributed by atoms with E-state index < -0.39 is 111 Å². The average molecular weight is 568 g/mol. The fourth-order valence-electron chi connectivity index (χ4n) is 3.26. The van der Waals surface area contributed by atoms with Crippen LogP contribution in [-0.4, -0.2) is 21.3 Å². The highest BCUT2D eigenvalue weighted by molar-refractivity contribution is 7.79. The second-order valence-electron chi connectivity index (χ2n) is 6.75. The van der Waals surface area contributed by atoms with Crippen LogP contribution in [0, 0.1) is 69.8 Å². The second kappa shape index (κ2) is 10.2. The van der Waals surface area contributed by atoms with Crippen LogP contribution in [-0.2, 0) is 0 Å². The van der Waals surface area contributed by atoms with Crippen LogP contribution in [0.5, 0.6) is 17.2 Å². The van der Waals surface area contributed by atoms with E-state index in [2.05, 4.69) is 14.2 Å². The molecule has 0 saturated heterocycles. The molecule has 0 aliphatic rings. The van der Waals surface area contributed by atoms with Gasteiger partial charge in [0.1, 0.15) is 0 Å². The molecule has 3 nitrogen and oxygen atoms in total. The van der Waals surface area contributed by atoms with Gasteiger partial charge in [-0.3, -0.25) is 0 Å².